The molecule has 0 fully saturated rings. The number of H-pyrrole nitrogens is 1. The Balaban J connectivity index is 1.65. The number of primary amides is 1. The molecule has 0 aliphatic rings. The molecule has 0 saturated carbocycles. The van der Waals surface area contributed by atoms with Gasteiger partial charge in [-0.25, -0.2) is 9.97 Å². The van der Waals surface area contributed by atoms with E-state index in [1.807, 2.05) is 0 Å². The van der Waals surface area contributed by atoms with Gasteiger partial charge in [-0.3, -0.25) is 23.9 Å². The molecule has 2 amide bonds. The maximum Gasteiger partial charge on any atom is 0.287 e. The molecule has 0 aromatic carbocycles. The molecule has 31 heavy (non-hydrogen) atoms. The Morgan fingerprint density at radius 3 is 2.74 bits per heavy atom. The summed E-state index contributed by atoms with van der Waals surface area (Å²) < 4.78 is 1.57. The second-order valence-electron chi connectivity index (χ2n) is 6.91. The molecule has 4 aromatic heterocycles. The average molecular weight is 417 g/mol. The number of rotatable bonds is 7. The van der Waals surface area contributed by atoms with E-state index in [1.165, 1.54) is 6.20 Å². The highest BCUT2D eigenvalue weighted by Gasteiger charge is 2.28. The summed E-state index contributed by atoms with van der Waals surface area (Å²) in [5.74, 6) is -1.55. The van der Waals surface area contributed by atoms with Crippen LogP contribution in [0.4, 0.5) is 0 Å². The summed E-state index contributed by atoms with van der Waals surface area (Å²) in [5.41, 5.74) is 6.95. The molecule has 4 heterocycles. The summed E-state index contributed by atoms with van der Waals surface area (Å²) >= 11 is 0. The lowest BCUT2D eigenvalue weighted by atomic mass is 10.0. The highest BCUT2D eigenvalue weighted by atomic mass is 16.2. The van der Waals surface area contributed by atoms with Crippen molar-refractivity contribution in [1.82, 2.24) is 29.8 Å². The molecule has 0 radical (unpaired) electrons. The fraction of sp³-hybridized carbons (Fsp3) is 0.143. The molecule has 1 atom stereocenters. The number of fused-ring (bicyclic) bond motifs is 1. The Labute approximate surface area is 176 Å². The standard InChI is InChI=1S/C21H19N7O3/c1-12-25-11-17(28(12)18-4-2-3-6-24-18)21(31)27-16(19(29)20(22)30)8-13-9-26-15-5-7-23-10-14(13)15/h2-7,9-11,16,26H,8H2,1H3,(H2,22,30)(H,27,31). The van der Waals surface area contributed by atoms with Crippen molar-refractivity contribution in [3.63, 3.8) is 0 Å². The van der Waals surface area contributed by atoms with E-state index in [1.54, 1.807) is 60.5 Å². The minimum absolute atomic E-state index is 0.0654. The number of hydrogen-bond donors (Lipinski definition) is 3. The predicted octanol–water partition coefficient (Wildman–Crippen LogP) is 0.848. The number of amides is 2. The van der Waals surface area contributed by atoms with E-state index in [4.69, 9.17) is 5.73 Å². The molecule has 1 unspecified atom stereocenters. The van der Waals surface area contributed by atoms with E-state index in [2.05, 4.69) is 25.3 Å². The van der Waals surface area contributed by atoms with Gasteiger partial charge in [-0.05, 0) is 30.7 Å². The number of carbonyl (C=O) groups is 3. The first-order chi connectivity index (χ1) is 15.0. The maximum absolute atomic E-state index is 13.1. The number of aromatic amines is 1. The van der Waals surface area contributed by atoms with Crippen molar-refractivity contribution in [3.8, 4) is 5.82 Å². The normalized spacial score (nSPS) is 11.9. The number of Topliss-reactive ketones (excluding diaryl/α,β-unsaturated/α-hetero) is 1. The Hall–Kier alpha value is -4.34. The van der Waals surface area contributed by atoms with Crippen molar-refractivity contribution in [2.45, 2.75) is 19.4 Å². The van der Waals surface area contributed by atoms with Crippen LogP contribution in [0.2, 0.25) is 0 Å². The van der Waals surface area contributed by atoms with Crippen LogP contribution in [0.25, 0.3) is 16.7 Å². The van der Waals surface area contributed by atoms with Gasteiger partial charge in [0.05, 0.1) is 6.20 Å². The summed E-state index contributed by atoms with van der Waals surface area (Å²) in [6.45, 7) is 1.73. The van der Waals surface area contributed by atoms with Crippen LogP contribution in [-0.2, 0) is 16.0 Å². The fourth-order valence-electron chi connectivity index (χ4n) is 3.40. The van der Waals surface area contributed by atoms with E-state index in [0.29, 0.717) is 11.6 Å². The van der Waals surface area contributed by atoms with Gasteiger partial charge < -0.3 is 16.0 Å². The molecule has 0 aliphatic heterocycles. The number of nitrogens with two attached hydrogens (primary N) is 1. The average Bonchev–Trinajstić information content (AvgIpc) is 3.37. The first-order valence-electron chi connectivity index (χ1n) is 9.46. The first kappa shape index (κ1) is 20.0. The molecule has 4 rings (SSSR count). The summed E-state index contributed by atoms with van der Waals surface area (Å²) in [5, 5.41) is 3.41. The lowest BCUT2D eigenvalue weighted by Gasteiger charge is -2.17. The monoisotopic (exact) mass is 417 g/mol. The van der Waals surface area contributed by atoms with Crippen LogP contribution in [0.5, 0.6) is 0 Å². The van der Waals surface area contributed by atoms with E-state index >= 15 is 0 Å². The number of nitrogens with one attached hydrogen (secondary N) is 2. The predicted molar refractivity (Wildman–Crippen MR) is 111 cm³/mol. The molecule has 156 valence electrons. The molecule has 0 saturated heterocycles. The Morgan fingerprint density at radius 2 is 2.00 bits per heavy atom. The van der Waals surface area contributed by atoms with Crippen molar-refractivity contribution >= 4 is 28.5 Å². The third kappa shape index (κ3) is 3.90. The van der Waals surface area contributed by atoms with Crippen LogP contribution in [0.3, 0.4) is 0 Å². The van der Waals surface area contributed by atoms with Gasteiger partial charge >= 0.3 is 0 Å². The summed E-state index contributed by atoms with van der Waals surface area (Å²) in [6, 6.07) is 5.91. The SMILES string of the molecule is Cc1ncc(C(=O)NC(Cc2c[nH]c3ccncc23)C(=O)C(N)=O)n1-c1ccccn1. The van der Waals surface area contributed by atoms with Gasteiger partial charge in [0.15, 0.2) is 0 Å². The van der Waals surface area contributed by atoms with Crippen molar-refractivity contribution < 1.29 is 14.4 Å². The summed E-state index contributed by atoms with van der Waals surface area (Å²) in [4.78, 5) is 52.8. The number of aromatic nitrogens is 5. The highest BCUT2D eigenvalue weighted by Crippen LogP contribution is 2.19. The summed E-state index contributed by atoms with van der Waals surface area (Å²) in [6.07, 6.45) is 8.05. The second-order valence-corrected chi connectivity index (χ2v) is 6.91. The number of hydrogen-bond acceptors (Lipinski definition) is 6. The Kier molecular flexibility index (Phi) is 5.27. The lowest BCUT2D eigenvalue weighted by Crippen LogP contribution is -2.47. The van der Waals surface area contributed by atoms with Crippen molar-refractivity contribution in [2.75, 3.05) is 0 Å². The minimum Gasteiger partial charge on any atom is -0.363 e. The van der Waals surface area contributed by atoms with Gasteiger partial charge in [-0.1, -0.05) is 6.07 Å². The third-order valence-corrected chi connectivity index (χ3v) is 4.91. The number of aryl methyl sites for hydroxylation is 1. The Bertz CT molecular complexity index is 1280. The van der Waals surface area contributed by atoms with E-state index in [9.17, 15) is 14.4 Å². The highest BCUT2D eigenvalue weighted by molar-refractivity contribution is 6.38. The van der Waals surface area contributed by atoms with Crippen LogP contribution >= 0.6 is 0 Å². The van der Waals surface area contributed by atoms with Crippen LogP contribution < -0.4 is 11.1 Å². The topological polar surface area (TPSA) is 149 Å². The number of ketones is 1. The second kappa shape index (κ2) is 8.19. The maximum atomic E-state index is 13.1. The molecule has 0 spiro atoms. The minimum atomic E-state index is -1.16. The number of pyridine rings is 2. The number of imidazole rings is 1. The van der Waals surface area contributed by atoms with E-state index in [0.717, 1.165) is 16.5 Å². The zero-order chi connectivity index (χ0) is 22.0. The number of carbonyl (C=O) groups excluding carboxylic acids is 3. The first-order valence-corrected chi connectivity index (χ1v) is 9.46. The summed E-state index contributed by atoms with van der Waals surface area (Å²) in [7, 11) is 0. The fourth-order valence-corrected chi connectivity index (χ4v) is 3.40. The Morgan fingerprint density at radius 1 is 1.16 bits per heavy atom. The molecule has 4 N–H and O–H groups in total. The zero-order valence-corrected chi connectivity index (χ0v) is 16.6. The molecule has 10 nitrogen and oxygen atoms in total. The quantitative estimate of drug-likeness (QED) is 0.380. The molecule has 10 heteroatoms. The van der Waals surface area contributed by atoms with Crippen LogP contribution in [0.1, 0.15) is 21.9 Å². The van der Waals surface area contributed by atoms with Crippen LogP contribution in [0.15, 0.2) is 55.2 Å². The van der Waals surface area contributed by atoms with Crippen LogP contribution in [-0.4, -0.2) is 48.1 Å². The van der Waals surface area contributed by atoms with Gasteiger partial charge in [0, 0.05) is 42.1 Å². The van der Waals surface area contributed by atoms with Crippen molar-refractivity contribution in [2.24, 2.45) is 5.73 Å². The van der Waals surface area contributed by atoms with Gasteiger partial charge in [-0.2, -0.15) is 0 Å². The molecule has 0 aliphatic carbocycles. The molecule has 0 bridgehead atoms. The lowest BCUT2D eigenvalue weighted by molar-refractivity contribution is -0.137. The van der Waals surface area contributed by atoms with Gasteiger partial charge in [0.2, 0.25) is 5.78 Å². The van der Waals surface area contributed by atoms with Crippen molar-refractivity contribution in [3.05, 3.63) is 72.3 Å². The van der Waals surface area contributed by atoms with Crippen LogP contribution in [0, 0.1) is 6.92 Å². The van der Waals surface area contributed by atoms with Gasteiger partial charge in [-0.15, -0.1) is 0 Å². The molecule has 4 aromatic rings. The molecular weight excluding hydrogens is 398 g/mol. The zero-order valence-electron chi connectivity index (χ0n) is 16.6. The molecular formula is C21H19N7O3. The van der Waals surface area contributed by atoms with Gasteiger partial charge in [0.25, 0.3) is 11.8 Å². The van der Waals surface area contributed by atoms with Gasteiger partial charge in [0.1, 0.15) is 23.4 Å². The van der Waals surface area contributed by atoms with E-state index in [-0.39, 0.29) is 12.1 Å². The largest absolute Gasteiger partial charge is 0.363 e. The number of nitrogens with zero attached hydrogens (tertiary/aromatic N) is 4. The van der Waals surface area contributed by atoms with E-state index < -0.39 is 23.6 Å². The van der Waals surface area contributed by atoms with Crippen molar-refractivity contribution in [1.29, 1.82) is 0 Å². The smallest absolute Gasteiger partial charge is 0.287 e. The third-order valence-electron chi connectivity index (χ3n) is 4.91.